The minimum absolute atomic E-state index is 0. The second-order valence-electron chi connectivity index (χ2n) is 7.71. The molecule has 0 radical (unpaired) electrons. The second kappa shape index (κ2) is 8.63. The lowest BCUT2D eigenvalue weighted by atomic mass is 9.86. The van der Waals surface area contributed by atoms with E-state index in [9.17, 15) is 0 Å². The molecular weight excluding hydrogens is 322 g/mol. The summed E-state index contributed by atoms with van der Waals surface area (Å²) >= 11 is 0. The lowest BCUT2D eigenvalue weighted by Crippen LogP contribution is -2.36. The summed E-state index contributed by atoms with van der Waals surface area (Å²) in [7, 11) is 0. The van der Waals surface area contributed by atoms with E-state index < -0.39 is 0 Å². The van der Waals surface area contributed by atoms with Crippen LogP contribution in [0.4, 0.5) is 0 Å². The fourth-order valence-corrected chi connectivity index (χ4v) is 4.67. The SMILES string of the molecule is C1CCC(CCN2CCC(c3nnc4n3CCNC4)CC2)CC1.Cl. The molecule has 1 aliphatic carbocycles. The maximum atomic E-state index is 4.52. The average molecular weight is 354 g/mol. The predicted molar refractivity (Wildman–Crippen MR) is 98.6 cm³/mol. The fraction of sp³-hybridized carbons (Fsp3) is 0.889. The Morgan fingerprint density at radius 1 is 0.958 bits per heavy atom. The lowest BCUT2D eigenvalue weighted by Gasteiger charge is -2.33. The van der Waals surface area contributed by atoms with Gasteiger partial charge in [-0.25, -0.2) is 0 Å². The maximum Gasteiger partial charge on any atom is 0.147 e. The summed E-state index contributed by atoms with van der Waals surface area (Å²) in [6, 6.07) is 0. The highest BCUT2D eigenvalue weighted by Crippen LogP contribution is 2.30. The Balaban J connectivity index is 0.00000169. The number of hydrogen-bond donors (Lipinski definition) is 1. The largest absolute Gasteiger partial charge is 0.312 e. The highest BCUT2D eigenvalue weighted by molar-refractivity contribution is 5.85. The Labute approximate surface area is 152 Å². The van der Waals surface area contributed by atoms with Crippen LogP contribution in [-0.4, -0.2) is 45.8 Å². The van der Waals surface area contributed by atoms with Gasteiger partial charge in [0, 0.05) is 19.0 Å². The molecule has 2 aliphatic heterocycles. The molecule has 0 unspecified atom stereocenters. The van der Waals surface area contributed by atoms with E-state index in [1.54, 1.807) is 0 Å². The third-order valence-corrected chi connectivity index (χ3v) is 6.18. The fourth-order valence-electron chi connectivity index (χ4n) is 4.67. The molecule has 3 aliphatic rings. The van der Waals surface area contributed by atoms with Crippen LogP contribution in [0.3, 0.4) is 0 Å². The number of nitrogens with zero attached hydrogens (tertiary/aromatic N) is 4. The molecule has 0 atom stereocenters. The Morgan fingerprint density at radius 3 is 2.54 bits per heavy atom. The van der Waals surface area contributed by atoms with Crippen molar-refractivity contribution in [1.29, 1.82) is 0 Å². The minimum Gasteiger partial charge on any atom is -0.312 e. The van der Waals surface area contributed by atoms with Crippen LogP contribution < -0.4 is 5.32 Å². The Kier molecular flexibility index (Phi) is 6.53. The minimum atomic E-state index is 0. The zero-order valence-corrected chi connectivity index (χ0v) is 15.6. The number of piperidine rings is 1. The van der Waals surface area contributed by atoms with Crippen molar-refractivity contribution in [2.75, 3.05) is 26.2 Å². The third-order valence-electron chi connectivity index (χ3n) is 6.18. The first-order valence-electron chi connectivity index (χ1n) is 9.75. The molecule has 3 heterocycles. The normalized spacial score (nSPS) is 23.7. The van der Waals surface area contributed by atoms with E-state index in [1.807, 2.05) is 0 Å². The number of nitrogens with one attached hydrogen (secondary N) is 1. The summed E-state index contributed by atoms with van der Waals surface area (Å²) in [4.78, 5) is 2.69. The molecule has 136 valence electrons. The van der Waals surface area contributed by atoms with Gasteiger partial charge < -0.3 is 14.8 Å². The first-order chi connectivity index (χ1) is 11.4. The molecule has 0 amide bonds. The van der Waals surface area contributed by atoms with Crippen molar-refractivity contribution in [3.05, 3.63) is 11.6 Å². The zero-order valence-electron chi connectivity index (χ0n) is 14.8. The number of rotatable bonds is 4. The third kappa shape index (κ3) is 4.12. The first kappa shape index (κ1) is 18.2. The van der Waals surface area contributed by atoms with Gasteiger partial charge in [0.1, 0.15) is 11.6 Å². The van der Waals surface area contributed by atoms with Gasteiger partial charge in [0.25, 0.3) is 0 Å². The number of likely N-dealkylation sites (tertiary alicyclic amines) is 1. The molecule has 1 aromatic rings. The smallest absolute Gasteiger partial charge is 0.147 e. The molecule has 0 bridgehead atoms. The molecule has 5 nitrogen and oxygen atoms in total. The van der Waals surface area contributed by atoms with E-state index in [4.69, 9.17) is 0 Å². The molecule has 2 fully saturated rings. The summed E-state index contributed by atoms with van der Waals surface area (Å²) in [5.41, 5.74) is 0. The van der Waals surface area contributed by atoms with Gasteiger partial charge in [-0.15, -0.1) is 22.6 Å². The standard InChI is InChI=1S/C18H31N5.ClH/c1-2-4-15(5-3-1)6-10-22-11-7-16(8-12-22)18-21-20-17-14-19-9-13-23(17)18;/h15-16,19H,1-14H2;1H. The molecule has 1 aromatic heterocycles. The van der Waals surface area contributed by atoms with Gasteiger partial charge in [0.2, 0.25) is 0 Å². The molecule has 1 N–H and O–H groups in total. The summed E-state index contributed by atoms with van der Waals surface area (Å²) in [5, 5.41) is 12.3. The molecule has 4 rings (SSSR count). The van der Waals surface area contributed by atoms with Crippen molar-refractivity contribution >= 4 is 12.4 Å². The molecule has 6 heteroatoms. The topological polar surface area (TPSA) is 46.0 Å². The van der Waals surface area contributed by atoms with E-state index in [0.717, 1.165) is 31.4 Å². The molecule has 24 heavy (non-hydrogen) atoms. The van der Waals surface area contributed by atoms with Crippen LogP contribution in [0.2, 0.25) is 0 Å². The number of fused-ring (bicyclic) bond motifs is 1. The van der Waals surface area contributed by atoms with E-state index in [1.165, 1.54) is 76.8 Å². The van der Waals surface area contributed by atoms with Crippen LogP contribution >= 0.6 is 12.4 Å². The average Bonchev–Trinajstić information content (AvgIpc) is 3.05. The van der Waals surface area contributed by atoms with Gasteiger partial charge in [-0.2, -0.15) is 0 Å². The van der Waals surface area contributed by atoms with Gasteiger partial charge in [-0.3, -0.25) is 0 Å². The van der Waals surface area contributed by atoms with Crippen molar-refractivity contribution in [1.82, 2.24) is 25.0 Å². The van der Waals surface area contributed by atoms with Gasteiger partial charge in [0.15, 0.2) is 0 Å². The molecular formula is C18H32ClN5. The molecule has 0 spiro atoms. The number of hydrogen-bond acceptors (Lipinski definition) is 4. The highest BCUT2D eigenvalue weighted by Gasteiger charge is 2.27. The highest BCUT2D eigenvalue weighted by atomic mass is 35.5. The second-order valence-corrected chi connectivity index (χ2v) is 7.71. The van der Waals surface area contributed by atoms with Crippen molar-refractivity contribution in [2.24, 2.45) is 5.92 Å². The summed E-state index contributed by atoms with van der Waals surface area (Å²) in [6.45, 7) is 6.79. The summed E-state index contributed by atoms with van der Waals surface area (Å²) in [5.74, 6) is 4.03. The van der Waals surface area contributed by atoms with Crippen molar-refractivity contribution < 1.29 is 0 Å². The first-order valence-corrected chi connectivity index (χ1v) is 9.75. The van der Waals surface area contributed by atoms with E-state index >= 15 is 0 Å². The summed E-state index contributed by atoms with van der Waals surface area (Å²) < 4.78 is 2.37. The van der Waals surface area contributed by atoms with Gasteiger partial charge >= 0.3 is 0 Å². The Morgan fingerprint density at radius 2 is 1.75 bits per heavy atom. The predicted octanol–water partition coefficient (Wildman–Crippen LogP) is 2.95. The quantitative estimate of drug-likeness (QED) is 0.904. The zero-order chi connectivity index (χ0) is 15.5. The molecule has 0 aromatic carbocycles. The van der Waals surface area contributed by atoms with Crippen LogP contribution in [0.25, 0.3) is 0 Å². The van der Waals surface area contributed by atoms with Crippen molar-refractivity contribution in [3.63, 3.8) is 0 Å². The van der Waals surface area contributed by atoms with Gasteiger partial charge in [0.05, 0.1) is 6.54 Å². The maximum absolute atomic E-state index is 4.52. The van der Waals surface area contributed by atoms with E-state index in [0.29, 0.717) is 5.92 Å². The molecule has 1 saturated heterocycles. The van der Waals surface area contributed by atoms with E-state index in [2.05, 4.69) is 25.0 Å². The Bertz CT molecular complexity index is 504. The Hall–Kier alpha value is -0.650. The monoisotopic (exact) mass is 353 g/mol. The van der Waals surface area contributed by atoms with E-state index in [-0.39, 0.29) is 12.4 Å². The number of halogens is 1. The van der Waals surface area contributed by atoms with Crippen LogP contribution in [0.5, 0.6) is 0 Å². The van der Waals surface area contributed by atoms with Crippen LogP contribution in [0.15, 0.2) is 0 Å². The van der Waals surface area contributed by atoms with Gasteiger partial charge in [-0.1, -0.05) is 32.1 Å². The van der Waals surface area contributed by atoms with Crippen LogP contribution in [0, 0.1) is 5.92 Å². The van der Waals surface area contributed by atoms with Crippen molar-refractivity contribution in [3.8, 4) is 0 Å². The summed E-state index contributed by atoms with van der Waals surface area (Å²) in [6.07, 6.45) is 11.3. The molecule has 1 saturated carbocycles. The van der Waals surface area contributed by atoms with Crippen LogP contribution in [0.1, 0.15) is 68.9 Å². The van der Waals surface area contributed by atoms with Gasteiger partial charge in [-0.05, 0) is 44.8 Å². The lowest BCUT2D eigenvalue weighted by molar-refractivity contribution is 0.185. The number of aromatic nitrogens is 3. The van der Waals surface area contributed by atoms with Crippen molar-refractivity contribution in [2.45, 2.75) is 70.4 Å². The van der Waals surface area contributed by atoms with Crippen LogP contribution in [-0.2, 0) is 13.1 Å².